The molecule has 0 aliphatic heterocycles. The van der Waals surface area contributed by atoms with E-state index in [2.05, 4.69) is 0 Å². The van der Waals surface area contributed by atoms with Crippen molar-refractivity contribution in [3.8, 4) is 5.75 Å². The van der Waals surface area contributed by atoms with Gasteiger partial charge in [-0.3, -0.25) is 0 Å². The van der Waals surface area contributed by atoms with Crippen LogP contribution in [-0.2, 0) is 0 Å². The van der Waals surface area contributed by atoms with Gasteiger partial charge in [-0.25, -0.2) is 4.39 Å². The Morgan fingerprint density at radius 2 is 2.12 bits per heavy atom. The summed E-state index contributed by atoms with van der Waals surface area (Å²) in [6, 6.07) is 4.45. The lowest BCUT2D eigenvalue weighted by molar-refractivity contribution is 0.248. The molecule has 0 saturated heterocycles. The first-order chi connectivity index (χ1) is 8.16. The van der Waals surface area contributed by atoms with Gasteiger partial charge in [-0.2, -0.15) is 0 Å². The van der Waals surface area contributed by atoms with Crippen molar-refractivity contribution in [1.82, 2.24) is 0 Å². The lowest BCUT2D eigenvalue weighted by Gasteiger charge is -2.16. The average molecular weight is 237 g/mol. The Labute approximate surface area is 102 Å². The van der Waals surface area contributed by atoms with Crippen molar-refractivity contribution in [2.45, 2.75) is 38.6 Å². The second kappa shape index (κ2) is 5.50. The predicted octanol–water partition coefficient (Wildman–Crippen LogP) is 3.41. The molecule has 2 rings (SSSR count). The van der Waals surface area contributed by atoms with Crippen molar-refractivity contribution in [3.05, 3.63) is 29.6 Å². The molecule has 1 aromatic rings. The van der Waals surface area contributed by atoms with Gasteiger partial charge in [-0.1, -0.05) is 18.9 Å². The minimum absolute atomic E-state index is 0.130. The summed E-state index contributed by atoms with van der Waals surface area (Å²) in [5, 5.41) is 0. The highest BCUT2D eigenvalue weighted by Gasteiger charge is 2.17. The van der Waals surface area contributed by atoms with E-state index in [1.54, 1.807) is 6.07 Å². The van der Waals surface area contributed by atoms with Crippen LogP contribution >= 0.6 is 0 Å². The number of nitrogens with two attached hydrogens (primary N) is 1. The van der Waals surface area contributed by atoms with Crippen LogP contribution in [0.3, 0.4) is 0 Å². The van der Waals surface area contributed by atoms with Gasteiger partial charge in [0.1, 0.15) is 11.6 Å². The molecule has 17 heavy (non-hydrogen) atoms. The van der Waals surface area contributed by atoms with Crippen LogP contribution in [0.1, 0.15) is 44.2 Å². The summed E-state index contributed by atoms with van der Waals surface area (Å²) < 4.78 is 18.9. The smallest absolute Gasteiger partial charge is 0.126 e. The van der Waals surface area contributed by atoms with Gasteiger partial charge < -0.3 is 10.5 Å². The Balaban J connectivity index is 2.04. The fraction of sp³-hybridized carbons (Fsp3) is 0.571. The van der Waals surface area contributed by atoms with Crippen molar-refractivity contribution in [1.29, 1.82) is 0 Å². The number of rotatable bonds is 4. The van der Waals surface area contributed by atoms with E-state index >= 15 is 0 Å². The lowest BCUT2D eigenvalue weighted by atomic mass is 10.1. The van der Waals surface area contributed by atoms with E-state index < -0.39 is 0 Å². The first-order valence-electron chi connectivity index (χ1n) is 6.34. The number of hydrogen-bond donors (Lipinski definition) is 1. The largest absolute Gasteiger partial charge is 0.493 e. The van der Waals surface area contributed by atoms with Gasteiger partial charge in [0.25, 0.3) is 0 Å². The zero-order valence-electron chi connectivity index (χ0n) is 10.3. The van der Waals surface area contributed by atoms with Crippen molar-refractivity contribution in [3.63, 3.8) is 0 Å². The second-order valence-corrected chi connectivity index (χ2v) is 4.93. The number of benzene rings is 1. The first-order valence-corrected chi connectivity index (χ1v) is 6.34. The van der Waals surface area contributed by atoms with Crippen molar-refractivity contribution < 1.29 is 9.13 Å². The minimum atomic E-state index is -0.268. The molecule has 1 aliphatic carbocycles. The maximum Gasteiger partial charge on any atom is 0.126 e. The van der Waals surface area contributed by atoms with Crippen LogP contribution in [0.5, 0.6) is 5.75 Å². The number of hydrogen-bond acceptors (Lipinski definition) is 2. The molecule has 1 fully saturated rings. The lowest BCUT2D eigenvalue weighted by Crippen LogP contribution is -2.12. The predicted molar refractivity (Wildman–Crippen MR) is 66.5 cm³/mol. The minimum Gasteiger partial charge on any atom is -0.493 e. The SMILES string of the molecule is C[C@@H](N)c1ccc(F)cc1OCC1CCCC1. The van der Waals surface area contributed by atoms with E-state index in [0.29, 0.717) is 18.3 Å². The van der Waals surface area contributed by atoms with Crippen LogP contribution in [0.15, 0.2) is 18.2 Å². The third-order valence-corrected chi connectivity index (χ3v) is 3.42. The molecular weight excluding hydrogens is 217 g/mol. The molecule has 0 aromatic heterocycles. The van der Waals surface area contributed by atoms with Crippen LogP contribution in [0.2, 0.25) is 0 Å². The van der Waals surface area contributed by atoms with Crippen LogP contribution in [0.25, 0.3) is 0 Å². The molecule has 0 spiro atoms. The molecule has 3 heteroatoms. The van der Waals surface area contributed by atoms with Crippen LogP contribution in [0.4, 0.5) is 4.39 Å². The molecule has 1 atom stereocenters. The molecule has 0 radical (unpaired) electrons. The first kappa shape index (κ1) is 12.4. The zero-order chi connectivity index (χ0) is 12.3. The Morgan fingerprint density at radius 3 is 2.76 bits per heavy atom. The number of ether oxygens (including phenoxy) is 1. The van der Waals surface area contributed by atoms with Crippen LogP contribution in [0, 0.1) is 11.7 Å². The topological polar surface area (TPSA) is 35.2 Å². The van der Waals surface area contributed by atoms with Gasteiger partial charge in [-0.05, 0) is 31.7 Å². The summed E-state index contributed by atoms with van der Waals surface area (Å²) in [6.45, 7) is 2.57. The fourth-order valence-corrected chi connectivity index (χ4v) is 2.39. The summed E-state index contributed by atoms with van der Waals surface area (Å²) in [6.07, 6.45) is 5.03. The molecule has 1 saturated carbocycles. The standard InChI is InChI=1S/C14H20FNO/c1-10(16)13-7-6-12(15)8-14(13)17-9-11-4-2-3-5-11/h6-8,10-11H,2-5,9,16H2,1H3/t10-/m1/s1. The Morgan fingerprint density at radius 1 is 1.41 bits per heavy atom. The summed E-state index contributed by atoms with van der Waals surface area (Å²) in [5.74, 6) is 0.960. The van der Waals surface area contributed by atoms with Gasteiger partial charge in [0, 0.05) is 17.7 Å². The van der Waals surface area contributed by atoms with E-state index in [1.165, 1.54) is 37.8 Å². The van der Waals surface area contributed by atoms with Crippen LogP contribution < -0.4 is 10.5 Å². The van der Waals surface area contributed by atoms with Crippen molar-refractivity contribution in [2.24, 2.45) is 11.7 Å². The third kappa shape index (κ3) is 3.19. The molecule has 1 aliphatic rings. The number of halogens is 1. The van der Waals surface area contributed by atoms with Gasteiger partial charge in [0.2, 0.25) is 0 Å². The maximum atomic E-state index is 13.2. The van der Waals surface area contributed by atoms with E-state index in [4.69, 9.17) is 10.5 Å². The Bertz CT molecular complexity index is 372. The molecule has 0 bridgehead atoms. The molecule has 2 nitrogen and oxygen atoms in total. The van der Waals surface area contributed by atoms with E-state index in [0.717, 1.165) is 5.56 Å². The van der Waals surface area contributed by atoms with E-state index in [-0.39, 0.29) is 11.9 Å². The monoisotopic (exact) mass is 237 g/mol. The van der Waals surface area contributed by atoms with E-state index in [9.17, 15) is 4.39 Å². The highest BCUT2D eigenvalue weighted by Crippen LogP contribution is 2.29. The molecule has 0 amide bonds. The van der Waals surface area contributed by atoms with E-state index in [1.807, 2.05) is 6.92 Å². The summed E-state index contributed by atoms with van der Waals surface area (Å²) in [7, 11) is 0. The second-order valence-electron chi connectivity index (χ2n) is 4.93. The zero-order valence-corrected chi connectivity index (χ0v) is 10.3. The quantitative estimate of drug-likeness (QED) is 0.871. The van der Waals surface area contributed by atoms with Crippen molar-refractivity contribution in [2.75, 3.05) is 6.61 Å². The maximum absolute atomic E-state index is 13.2. The van der Waals surface area contributed by atoms with Gasteiger partial charge in [0.15, 0.2) is 0 Å². The molecule has 94 valence electrons. The molecule has 0 heterocycles. The summed E-state index contributed by atoms with van der Waals surface area (Å²) >= 11 is 0. The van der Waals surface area contributed by atoms with Gasteiger partial charge in [-0.15, -0.1) is 0 Å². The van der Waals surface area contributed by atoms with Crippen molar-refractivity contribution >= 4 is 0 Å². The molecule has 2 N–H and O–H groups in total. The fourth-order valence-electron chi connectivity index (χ4n) is 2.39. The Hall–Kier alpha value is -1.09. The highest BCUT2D eigenvalue weighted by molar-refractivity contribution is 5.36. The Kier molecular flexibility index (Phi) is 4.00. The summed E-state index contributed by atoms with van der Waals surface area (Å²) in [5.41, 5.74) is 6.72. The summed E-state index contributed by atoms with van der Waals surface area (Å²) in [4.78, 5) is 0. The van der Waals surface area contributed by atoms with Gasteiger partial charge >= 0.3 is 0 Å². The normalized spacial score (nSPS) is 18.3. The molecule has 0 unspecified atom stereocenters. The average Bonchev–Trinajstić information content (AvgIpc) is 2.78. The molecular formula is C14H20FNO. The highest BCUT2D eigenvalue weighted by atomic mass is 19.1. The molecule has 1 aromatic carbocycles. The van der Waals surface area contributed by atoms with Gasteiger partial charge in [0.05, 0.1) is 6.61 Å². The van der Waals surface area contributed by atoms with Crippen LogP contribution in [-0.4, -0.2) is 6.61 Å². The third-order valence-electron chi connectivity index (χ3n) is 3.42.